The van der Waals surface area contributed by atoms with Crippen molar-refractivity contribution in [3.63, 3.8) is 0 Å². The second-order valence-corrected chi connectivity index (χ2v) is 4.54. The third kappa shape index (κ3) is 2.53. The minimum absolute atomic E-state index is 0.242. The second-order valence-electron chi connectivity index (χ2n) is 4.54. The van der Waals surface area contributed by atoms with Gasteiger partial charge in [-0.05, 0) is 24.6 Å². The maximum absolute atomic E-state index is 5.49. The average molecular weight is 256 g/mol. The second kappa shape index (κ2) is 5.28. The van der Waals surface area contributed by atoms with Crippen molar-refractivity contribution < 1.29 is 9.47 Å². The zero-order valence-corrected chi connectivity index (χ0v) is 10.8. The van der Waals surface area contributed by atoms with Gasteiger partial charge in [-0.2, -0.15) is 0 Å². The van der Waals surface area contributed by atoms with Gasteiger partial charge in [-0.15, -0.1) is 0 Å². The molecule has 0 fully saturated rings. The highest BCUT2D eigenvalue weighted by Gasteiger charge is 2.17. The number of nitrogens with one attached hydrogen (secondary N) is 1. The maximum Gasteiger partial charge on any atom is 0.231 e. The van der Waals surface area contributed by atoms with Crippen molar-refractivity contribution >= 4 is 0 Å². The summed E-state index contributed by atoms with van der Waals surface area (Å²) in [4.78, 5) is 4.13. The smallest absolute Gasteiger partial charge is 0.231 e. The maximum atomic E-state index is 5.49. The van der Waals surface area contributed by atoms with Crippen LogP contribution in [0.1, 0.15) is 24.1 Å². The first-order valence-electron chi connectivity index (χ1n) is 6.35. The Balaban J connectivity index is 1.69. The number of ether oxygens (including phenoxy) is 2. The van der Waals surface area contributed by atoms with E-state index in [4.69, 9.17) is 9.47 Å². The summed E-state index contributed by atoms with van der Waals surface area (Å²) in [5.74, 6) is 1.68. The van der Waals surface area contributed by atoms with Gasteiger partial charge in [-0.3, -0.25) is 4.98 Å². The quantitative estimate of drug-likeness (QED) is 0.913. The fraction of sp³-hybridized carbons (Fsp3) is 0.267. The molecule has 1 aliphatic rings. The molecule has 0 aliphatic carbocycles. The van der Waals surface area contributed by atoms with E-state index in [-0.39, 0.29) is 6.04 Å². The van der Waals surface area contributed by atoms with E-state index in [2.05, 4.69) is 29.4 Å². The molecular weight excluding hydrogens is 240 g/mol. The van der Waals surface area contributed by atoms with E-state index in [1.165, 1.54) is 5.56 Å². The van der Waals surface area contributed by atoms with Gasteiger partial charge in [0.15, 0.2) is 11.5 Å². The molecule has 3 rings (SSSR count). The Labute approximate surface area is 112 Å². The fourth-order valence-electron chi connectivity index (χ4n) is 2.14. The number of para-hydroxylation sites is 1. The Morgan fingerprint density at radius 2 is 2.21 bits per heavy atom. The summed E-state index contributed by atoms with van der Waals surface area (Å²) in [6.45, 7) is 3.17. The van der Waals surface area contributed by atoms with Crippen LogP contribution in [0.5, 0.6) is 11.5 Å². The minimum Gasteiger partial charge on any atom is -0.454 e. The van der Waals surface area contributed by atoms with Crippen LogP contribution >= 0.6 is 0 Å². The van der Waals surface area contributed by atoms with Crippen molar-refractivity contribution in [1.29, 1.82) is 0 Å². The number of hydrogen-bond acceptors (Lipinski definition) is 4. The van der Waals surface area contributed by atoms with Crippen molar-refractivity contribution in [2.24, 2.45) is 0 Å². The van der Waals surface area contributed by atoms with E-state index in [9.17, 15) is 0 Å². The monoisotopic (exact) mass is 256 g/mol. The Hall–Kier alpha value is -2.07. The van der Waals surface area contributed by atoms with Gasteiger partial charge in [-0.1, -0.05) is 18.2 Å². The van der Waals surface area contributed by atoms with Crippen LogP contribution in [0.4, 0.5) is 0 Å². The summed E-state index contributed by atoms with van der Waals surface area (Å²) in [6.07, 6.45) is 3.66. The molecule has 0 radical (unpaired) electrons. The number of fused-ring (bicyclic) bond motifs is 1. The third-order valence-electron chi connectivity index (χ3n) is 3.26. The summed E-state index contributed by atoms with van der Waals surface area (Å²) in [7, 11) is 0. The van der Waals surface area contributed by atoms with Gasteiger partial charge in [0, 0.05) is 30.5 Å². The first-order chi connectivity index (χ1) is 9.34. The number of nitrogens with zero attached hydrogens (tertiary/aromatic N) is 1. The van der Waals surface area contributed by atoms with Gasteiger partial charge < -0.3 is 14.8 Å². The van der Waals surface area contributed by atoms with Crippen LogP contribution in [0.3, 0.4) is 0 Å². The Bertz CT molecular complexity index is 557. The van der Waals surface area contributed by atoms with E-state index in [0.717, 1.165) is 23.6 Å². The van der Waals surface area contributed by atoms with Crippen LogP contribution in [0.2, 0.25) is 0 Å². The molecule has 1 atom stereocenters. The van der Waals surface area contributed by atoms with Crippen molar-refractivity contribution in [3.8, 4) is 11.5 Å². The van der Waals surface area contributed by atoms with Crippen molar-refractivity contribution in [2.75, 3.05) is 6.79 Å². The Morgan fingerprint density at radius 1 is 1.26 bits per heavy atom. The molecule has 0 saturated carbocycles. The zero-order valence-electron chi connectivity index (χ0n) is 10.8. The molecule has 0 unspecified atom stereocenters. The molecule has 1 aliphatic heterocycles. The van der Waals surface area contributed by atoms with Gasteiger partial charge in [0.05, 0.1) is 0 Å². The highest BCUT2D eigenvalue weighted by Crippen LogP contribution is 2.35. The molecule has 0 amide bonds. The van der Waals surface area contributed by atoms with Gasteiger partial charge >= 0.3 is 0 Å². The number of benzene rings is 1. The van der Waals surface area contributed by atoms with Crippen molar-refractivity contribution in [3.05, 3.63) is 53.9 Å². The van der Waals surface area contributed by atoms with E-state index in [1.54, 1.807) is 6.20 Å². The molecule has 0 saturated heterocycles. The van der Waals surface area contributed by atoms with Crippen LogP contribution in [0.15, 0.2) is 42.7 Å². The van der Waals surface area contributed by atoms with Crippen molar-refractivity contribution in [1.82, 2.24) is 10.3 Å². The first kappa shape index (κ1) is 12.0. The van der Waals surface area contributed by atoms with Crippen LogP contribution in [0.25, 0.3) is 0 Å². The lowest BCUT2D eigenvalue weighted by molar-refractivity contribution is 0.173. The molecule has 19 heavy (non-hydrogen) atoms. The van der Waals surface area contributed by atoms with Crippen LogP contribution in [-0.4, -0.2) is 11.8 Å². The molecule has 1 N–H and O–H groups in total. The first-order valence-corrected chi connectivity index (χ1v) is 6.35. The summed E-state index contributed by atoms with van der Waals surface area (Å²) in [6, 6.07) is 10.2. The molecular formula is C15H16N2O2. The molecule has 1 aromatic heterocycles. The van der Waals surface area contributed by atoms with Crippen molar-refractivity contribution in [2.45, 2.75) is 19.5 Å². The molecule has 4 heteroatoms. The molecule has 1 aromatic carbocycles. The summed E-state index contributed by atoms with van der Waals surface area (Å²) < 4.78 is 10.9. The molecule has 4 nitrogen and oxygen atoms in total. The normalized spacial score (nSPS) is 14.4. The third-order valence-corrected chi connectivity index (χ3v) is 3.26. The van der Waals surface area contributed by atoms with Gasteiger partial charge in [0.2, 0.25) is 6.79 Å². The molecule has 0 spiro atoms. The van der Waals surface area contributed by atoms with Gasteiger partial charge in [0.25, 0.3) is 0 Å². The van der Waals surface area contributed by atoms with Crippen LogP contribution in [0, 0.1) is 0 Å². The fourth-order valence-corrected chi connectivity index (χ4v) is 2.14. The lowest BCUT2D eigenvalue weighted by atomic mass is 10.1. The van der Waals surface area contributed by atoms with Crippen LogP contribution in [-0.2, 0) is 6.54 Å². The standard InChI is InChI=1S/C15H16N2O2/c1-11(12-5-3-7-16-8-12)17-9-13-4-2-6-14-15(13)19-10-18-14/h2-8,11,17H,9-10H2,1H3/t11-/m0/s1. The van der Waals surface area contributed by atoms with Gasteiger partial charge in [-0.25, -0.2) is 0 Å². The summed E-state index contributed by atoms with van der Waals surface area (Å²) in [5, 5.41) is 3.47. The van der Waals surface area contributed by atoms with Gasteiger partial charge in [0.1, 0.15) is 0 Å². The summed E-state index contributed by atoms with van der Waals surface area (Å²) in [5.41, 5.74) is 2.29. The van der Waals surface area contributed by atoms with E-state index < -0.39 is 0 Å². The average Bonchev–Trinajstić information content (AvgIpc) is 2.94. The van der Waals surface area contributed by atoms with E-state index >= 15 is 0 Å². The lowest BCUT2D eigenvalue weighted by Crippen LogP contribution is -2.18. The summed E-state index contributed by atoms with van der Waals surface area (Å²) >= 11 is 0. The Morgan fingerprint density at radius 3 is 3.05 bits per heavy atom. The SMILES string of the molecule is C[C@H](NCc1cccc2c1OCO2)c1cccnc1. The molecule has 98 valence electrons. The van der Waals surface area contributed by atoms with E-state index in [1.807, 2.05) is 24.4 Å². The highest BCUT2D eigenvalue weighted by molar-refractivity contribution is 5.48. The number of hydrogen-bond donors (Lipinski definition) is 1. The predicted molar refractivity (Wildman–Crippen MR) is 72.1 cm³/mol. The molecule has 0 bridgehead atoms. The Kier molecular flexibility index (Phi) is 3.33. The highest BCUT2D eigenvalue weighted by atomic mass is 16.7. The molecule has 2 heterocycles. The van der Waals surface area contributed by atoms with E-state index in [0.29, 0.717) is 6.79 Å². The minimum atomic E-state index is 0.242. The number of rotatable bonds is 4. The number of pyridine rings is 1. The number of aromatic nitrogens is 1. The largest absolute Gasteiger partial charge is 0.454 e. The molecule has 2 aromatic rings. The predicted octanol–water partition coefficient (Wildman–Crippen LogP) is 2.66. The van der Waals surface area contributed by atoms with Crippen LogP contribution < -0.4 is 14.8 Å². The lowest BCUT2D eigenvalue weighted by Gasteiger charge is -2.14. The zero-order chi connectivity index (χ0) is 13.1. The topological polar surface area (TPSA) is 43.4 Å².